The highest BCUT2D eigenvalue weighted by Crippen LogP contribution is 2.32. The lowest BCUT2D eigenvalue weighted by Crippen LogP contribution is -2.20. The first-order valence-corrected chi connectivity index (χ1v) is 4.42. The van der Waals surface area contributed by atoms with Gasteiger partial charge in [-0.1, -0.05) is 23.2 Å². The molecule has 0 saturated heterocycles. The van der Waals surface area contributed by atoms with Crippen molar-refractivity contribution in [3.63, 3.8) is 0 Å². The van der Waals surface area contributed by atoms with Crippen LogP contribution in [0.15, 0.2) is 12.1 Å². The summed E-state index contributed by atoms with van der Waals surface area (Å²) in [5.74, 6) is -0.298. The zero-order chi connectivity index (χ0) is 10.7. The number of primary amides is 1. The lowest BCUT2D eigenvalue weighted by atomic mass is 10.3. The summed E-state index contributed by atoms with van der Waals surface area (Å²) in [5.41, 5.74) is 10.8. The third kappa shape index (κ3) is 2.68. The third-order valence-corrected chi connectivity index (χ3v) is 2.14. The molecule has 14 heavy (non-hydrogen) atoms. The van der Waals surface area contributed by atoms with E-state index in [9.17, 15) is 4.79 Å². The number of hydrogen-bond donors (Lipinski definition) is 2. The van der Waals surface area contributed by atoms with Crippen LogP contribution in [0, 0.1) is 0 Å². The van der Waals surface area contributed by atoms with Gasteiger partial charge in [0.05, 0.1) is 15.7 Å². The Bertz CT molecular complexity index is 369. The molecule has 0 aromatic heterocycles. The molecule has 1 rings (SSSR count). The molecule has 0 spiro atoms. The molecule has 0 aliphatic carbocycles. The Labute approximate surface area is 90.7 Å². The van der Waals surface area contributed by atoms with Crippen molar-refractivity contribution in [1.29, 1.82) is 0 Å². The number of rotatable bonds is 3. The van der Waals surface area contributed by atoms with Gasteiger partial charge in [0.25, 0.3) is 5.91 Å². The minimum atomic E-state index is -0.588. The summed E-state index contributed by atoms with van der Waals surface area (Å²) in [6.07, 6.45) is 0. The van der Waals surface area contributed by atoms with Crippen LogP contribution in [0.25, 0.3) is 0 Å². The number of halogens is 2. The second-order valence-corrected chi connectivity index (χ2v) is 3.37. The topological polar surface area (TPSA) is 78.3 Å². The van der Waals surface area contributed by atoms with Gasteiger partial charge in [-0.15, -0.1) is 0 Å². The summed E-state index contributed by atoms with van der Waals surface area (Å²) in [4.78, 5) is 10.4. The average molecular weight is 235 g/mol. The van der Waals surface area contributed by atoms with Crippen molar-refractivity contribution in [2.75, 3.05) is 12.3 Å². The Morgan fingerprint density at radius 1 is 1.36 bits per heavy atom. The molecule has 1 aromatic rings. The summed E-state index contributed by atoms with van der Waals surface area (Å²) >= 11 is 11.4. The Balaban J connectivity index is 2.87. The van der Waals surface area contributed by atoms with Crippen molar-refractivity contribution in [2.24, 2.45) is 5.73 Å². The van der Waals surface area contributed by atoms with Crippen molar-refractivity contribution >= 4 is 34.8 Å². The van der Waals surface area contributed by atoms with Crippen LogP contribution in [0.1, 0.15) is 0 Å². The molecule has 0 atom stereocenters. The Morgan fingerprint density at radius 3 is 2.50 bits per heavy atom. The molecule has 0 radical (unpaired) electrons. The minimum Gasteiger partial charge on any atom is -0.482 e. The van der Waals surface area contributed by atoms with Gasteiger partial charge in [-0.3, -0.25) is 4.79 Å². The monoisotopic (exact) mass is 234 g/mol. The van der Waals surface area contributed by atoms with Gasteiger partial charge in [-0.2, -0.15) is 0 Å². The maximum Gasteiger partial charge on any atom is 0.255 e. The van der Waals surface area contributed by atoms with E-state index in [2.05, 4.69) is 0 Å². The van der Waals surface area contributed by atoms with Gasteiger partial charge >= 0.3 is 0 Å². The van der Waals surface area contributed by atoms with E-state index >= 15 is 0 Å². The van der Waals surface area contributed by atoms with E-state index in [0.29, 0.717) is 21.5 Å². The van der Waals surface area contributed by atoms with Crippen LogP contribution in [0.2, 0.25) is 10.0 Å². The maximum absolute atomic E-state index is 10.4. The van der Waals surface area contributed by atoms with Crippen LogP contribution in [-0.2, 0) is 4.79 Å². The van der Waals surface area contributed by atoms with E-state index in [0.717, 1.165) is 0 Å². The number of benzene rings is 1. The van der Waals surface area contributed by atoms with Crippen LogP contribution < -0.4 is 16.2 Å². The van der Waals surface area contributed by atoms with Crippen molar-refractivity contribution in [2.45, 2.75) is 0 Å². The second-order valence-electron chi connectivity index (χ2n) is 2.56. The third-order valence-electron chi connectivity index (χ3n) is 1.42. The molecule has 4 N–H and O–H groups in total. The predicted octanol–water partition coefficient (Wildman–Crippen LogP) is 1.44. The number of ether oxygens (including phenoxy) is 1. The van der Waals surface area contributed by atoms with Gasteiger partial charge in [-0.05, 0) is 6.07 Å². The molecule has 1 amide bonds. The molecule has 4 nitrogen and oxygen atoms in total. The lowest BCUT2D eigenvalue weighted by Gasteiger charge is -2.08. The first-order valence-electron chi connectivity index (χ1n) is 3.66. The zero-order valence-electron chi connectivity index (χ0n) is 7.09. The van der Waals surface area contributed by atoms with E-state index < -0.39 is 5.91 Å². The Morgan fingerprint density at radius 2 is 1.93 bits per heavy atom. The smallest absolute Gasteiger partial charge is 0.255 e. The van der Waals surface area contributed by atoms with Crippen LogP contribution in [0.5, 0.6) is 5.75 Å². The maximum atomic E-state index is 10.4. The number of carbonyl (C=O) groups is 1. The Kier molecular flexibility index (Phi) is 3.43. The van der Waals surface area contributed by atoms with Gasteiger partial charge in [0, 0.05) is 6.07 Å². The number of amides is 1. The predicted molar refractivity (Wildman–Crippen MR) is 55.6 cm³/mol. The minimum absolute atomic E-state index is 0.248. The standard InChI is InChI=1S/C8H8Cl2N2O2/c9-4-1-6(11)7(2-5(4)10)14-3-8(12)13/h1-2H,3,11H2,(H2,12,13). The van der Waals surface area contributed by atoms with Crippen LogP contribution >= 0.6 is 23.2 Å². The number of nitrogens with two attached hydrogens (primary N) is 2. The van der Waals surface area contributed by atoms with Gasteiger partial charge in [0.1, 0.15) is 5.75 Å². The van der Waals surface area contributed by atoms with Crippen LogP contribution in [0.3, 0.4) is 0 Å². The highest BCUT2D eigenvalue weighted by molar-refractivity contribution is 6.42. The van der Waals surface area contributed by atoms with Gasteiger partial charge in [-0.25, -0.2) is 0 Å². The fourth-order valence-electron chi connectivity index (χ4n) is 0.818. The van der Waals surface area contributed by atoms with E-state index in [-0.39, 0.29) is 6.61 Å². The van der Waals surface area contributed by atoms with Gasteiger partial charge in [0.2, 0.25) is 0 Å². The molecular weight excluding hydrogens is 227 g/mol. The number of nitrogen functional groups attached to an aromatic ring is 1. The highest BCUT2D eigenvalue weighted by Gasteiger charge is 2.06. The fourth-order valence-corrected chi connectivity index (χ4v) is 1.14. The zero-order valence-corrected chi connectivity index (χ0v) is 8.60. The number of hydrogen-bond acceptors (Lipinski definition) is 3. The molecule has 0 unspecified atom stereocenters. The largest absolute Gasteiger partial charge is 0.482 e. The molecule has 0 aliphatic rings. The molecule has 1 aromatic carbocycles. The fraction of sp³-hybridized carbons (Fsp3) is 0.125. The van der Waals surface area contributed by atoms with E-state index in [1.54, 1.807) is 0 Å². The second kappa shape index (κ2) is 4.39. The summed E-state index contributed by atoms with van der Waals surface area (Å²) in [6, 6.07) is 2.88. The van der Waals surface area contributed by atoms with E-state index in [1.165, 1.54) is 12.1 Å². The molecule has 0 saturated carbocycles. The number of anilines is 1. The van der Waals surface area contributed by atoms with Gasteiger partial charge in [0.15, 0.2) is 6.61 Å². The van der Waals surface area contributed by atoms with Crippen LogP contribution in [-0.4, -0.2) is 12.5 Å². The SMILES string of the molecule is NC(=O)COc1cc(Cl)c(Cl)cc1N. The quantitative estimate of drug-likeness (QED) is 0.778. The number of carbonyl (C=O) groups excluding carboxylic acids is 1. The average Bonchev–Trinajstić information content (AvgIpc) is 2.09. The van der Waals surface area contributed by atoms with Crippen LogP contribution in [0.4, 0.5) is 5.69 Å². The Hall–Kier alpha value is -1.13. The molecule has 6 heteroatoms. The highest BCUT2D eigenvalue weighted by atomic mass is 35.5. The van der Waals surface area contributed by atoms with E-state index in [1.807, 2.05) is 0 Å². The lowest BCUT2D eigenvalue weighted by molar-refractivity contribution is -0.119. The van der Waals surface area contributed by atoms with Crippen molar-refractivity contribution in [3.8, 4) is 5.75 Å². The van der Waals surface area contributed by atoms with E-state index in [4.69, 9.17) is 39.4 Å². The summed E-state index contributed by atoms with van der Waals surface area (Å²) in [5, 5.41) is 0.635. The first-order chi connectivity index (χ1) is 6.50. The molecule has 0 bridgehead atoms. The van der Waals surface area contributed by atoms with Crippen molar-refractivity contribution < 1.29 is 9.53 Å². The summed E-state index contributed by atoms with van der Waals surface area (Å²) < 4.78 is 4.99. The van der Waals surface area contributed by atoms with Crippen molar-refractivity contribution in [1.82, 2.24) is 0 Å². The molecule has 0 heterocycles. The normalized spacial score (nSPS) is 9.86. The molecule has 0 fully saturated rings. The summed E-state index contributed by atoms with van der Waals surface area (Å²) in [7, 11) is 0. The molecule has 0 aliphatic heterocycles. The van der Waals surface area contributed by atoms with Crippen molar-refractivity contribution in [3.05, 3.63) is 22.2 Å². The molecular formula is C8H8Cl2N2O2. The molecule has 76 valence electrons. The van der Waals surface area contributed by atoms with Gasteiger partial charge < -0.3 is 16.2 Å². The first kappa shape index (κ1) is 10.9. The summed E-state index contributed by atoms with van der Waals surface area (Å²) in [6.45, 7) is -0.248.